The summed E-state index contributed by atoms with van der Waals surface area (Å²) >= 11 is 0. The van der Waals surface area contributed by atoms with E-state index >= 15 is 0 Å². The van der Waals surface area contributed by atoms with Crippen LogP contribution in [0.4, 0.5) is 0 Å². The van der Waals surface area contributed by atoms with E-state index in [9.17, 15) is 0 Å². The molecule has 0 radical (unpaired) electrons. The predicted molar refractivity (Wildman–Crippen MR) is 72.2 cm³/mol. The maximum Gasteiger partial charge on any atom is 0.121 e. The Labute approximate surface area is 106 Å². The van der Waals surface area contributed by atoms with E-state index in [4.69, 9.17) is 4.74 Å². The van der Waals surface area contributed by atoms with Crippen LogP contribution in [0.1, 0.15) is 6.92 Å². The van der Waals surface area contributed by atoms with E-state index in [-0.39, 0.29) is 0 Å². The van der Waals surface area contributed by atoms with Gasteiger partial charge in [-0.15, -0.1) is 0 Å². The Morgan fingerprint density at radius 1 is 1.11 bits per heavy atom. The van der Waals surface area contributed by atoms with Crippen LogP contribution in [0.2, 0.25) is 0 Å². The molecule has 3 rings (SSSR count). The van der Waals surface area contributed by atoms with Gasteiger partial charge in [0.1, 0.15) is 12.1 Å². The lowest BCUT2D eigenvalue weighted by molar-refractivity contribution is 0.340. The van der Waals surface area contributed by atoms with Gasteiger partial charge in [0, 0.05) is 11.8 Å². The second-order valence-electron chi connectivity index (χ2n) is 4.03. The lowest BCUT2D eigenvalue weighted by Gasteiger charge is -2.06. The molecule has 0 bridgehead atoms. The van der Waals surface area contributed by atoms with E-state index < -0.39 is 0 Å². The molecule has 90 valence electrons. The smallest absolute Gasteiger partial charge is 0.121 e. The molecule has 1 heterocycles. The van der Waals surface area contributed by atoms with Gasteiger partial charge in [-0.1, -0.05) is 18.2 Å². The van der Waals surface area contributed by atoms with Gasteiger partial charge in [0.15, 0.2) is 0 Å². The van der Waals surface area contributed by atoms with Crippen molar-refractivity contribution in [2.45, 2.75) is 6.92 Å². The van der Waals surface area contributed by atoms with E-state index in [1.807, 2.05) is 49.6 Å². The fourth-order valence-electron chi connectivity index (χ4n) is 2.04. The molecule has 0 saturated carbocycles. The highest BCUT2D eigenvalue weighted by Gasteiger charge is 2.05. The van der Waals surface area contributed by atoms with Gasteiger partial charge in [-0.2, -0.15) is 0 Å². The van der Waals surface area contributed by atoms with E-state index in [0.717, 1.165) is 22.5 Å². The van der Waals surface area contributed by atoms with E-state index in [1.54, 1.807) is 0 Å². The first-order chi connectivity index (χ1) is 8.88. The summed E-state index contributed by atoms with van der Waals surface area (Å²) < 4.78 is 7.60. The molecule has 0 aliphatic carbocycles. The van der Waals surface area contributed by atoms with Crippen molar-refractivity contribution in [1.82, 2.24) is 9.55 Å². The molecular formula is C15H14N2O. The average Bonchev–Trinajstić information content (AvgIpc) is 2.83. The molecule has 0 N–H and O–H groups in total. The van der Waals surface area contributed by atoms with Crippen LogP contribution in [0.25, 0.3) is 16.7 Å². The predicted octanol–water partition coefficient (Wildman–Crippen LogP) is 3.42. The average molecular weight is 238 g/mol. The first-order valence-electron chi connectivity index (χ1n) is 6.04. The maximum atomic E-state index is 5.53. The molecule has 0 fully saturated rings. The normalized spacial score (nSPS) is 10.7. The van der Waals surface area contributed by atoms with Gasteiger partial charge in [-0.25, -0.2) is 4.98 Å². The topological polar surface area (TPSA) is 27.1 Å². The summed E-state index contributed by atoms with van der Waals surface area (Å²) in [5, 5.41) is 0. The molecule has 3 nitrogen and oxygen atoms in total. The van der Waals surface area contributed by atoms with E-state index in [1.165, 1.54) is 0 Å². The molecule has 0 aliphatic heterocycles. The number of aromatic nitrogens is 2. The number of hydrogen-bond acceptors (Lipinski definition) is 2. The molecule has 2 aromatic carbocycles. The Morgan fingerprint density at radius 2 is 1.94 bits per heavy atom. The van der Waals surface area contributed by atoms with Gasteiger partial charge in [-0.05, 0) is 31.2 Å². The summed E-state index contributed by atoms with van der Waals surface area (Å²) in [5.41, 5.74) is 3.14. The summed E-state index contributed by atoms with van der Waals surface area (Å²) in [6.45, 7) is 2.66. The third-order valence-electron chi connectivity index (χ3n) is 2.86. The Morgan fingerprint density at radius 3 is 2.72 bits per heavy atom. The number of rotatable bonds is 3. The number of nitrogens with zero attached hydrogens (tertiary/aromatic N) is 2. The Balaban J connectivity index is 2.15. The number of fused-ring (bicyclic) bond motifs is 1. The summed E-state index contributed by atoms with van der Waals surface area (Å²) in [4.78, 5) is 4.40. The van der Waals surface area contributed by atoms with Crippen molar-refractivity contribution in [3.63, 3.8) is 0 Å². The summed E-state index contributed by atoms with van der Waals surface area (Å²) in [6, 6.07) is 16.1. The summed E-state index contributed by atoms with van der Waals surface area (Å²) in [5.74, 6) is 0.877. The maximum absolute atomic E-state index is 5.53. The van der Waals surface area contributed by atoms with Crippen LogP contribution in [0, 0.1) is 0 Å². The van der Waals surface area contributed by atoms with Gasteiger partial charge in [0.05, 0.1) is 17.6 Å². The van der Waals surface area contributed by atoms with Gasteiger partial charge < -0.3 is 4.74 Å². The van der Waals surface area contributed by atoms with Gasteiger partial charge >= 0.3 is 0 Å². The number of para-hydroxylation sites is 1. The van der Waals surface area contributed by atoms with Crippen LogP contribution >= 0.6 is 0 Å². The molecule has 0 amide bonds. The first kappa shape index (κ1) is 10.8. The van der Waals surface area contributed by atoms with Crippen molar-refractivity contribution < 1.29 is 4.74 Å². The second-order valence-corrected chi connectivity index (χ2v) is 4.03. The Bertz CT molecular complexity index is 659. The van der Waals surface area contributed by atoms with Crippen LogP contribution in [0.15, 0.2) is 54.9 Å². The number of hydrogen-bond donors (Lipinski definition) is 0. The van der Waals surface area contributed by atoms with E-state index in [2.05, 4.69) is 21.7 Å². The number of imidazole rings is 1. The van der Waals surface area contributed by atoms with E-state index in [0.29, 0.717) is 6.61 Å². The molecule has 3 heteroatoms. The molecule has 0 aliphatic rings. The zero-order chi connectivity index (χ0) is 12.4. The minimum atomic E-state index is 0.672. The lowest BCUT2D eigenvalue weighted by Crippen LogP contribution is -1.93. The van der Waals surface area contributed by atoms with Crippen molar-refractivity contribution in [1.29, 1.82) is 0 Å². The van der Waals surface area contributed by atoms with Crippen LogP contribution in [-0.2, 0) is 0 Å². The van der Waals surface area contributed by atoms with Crippen LogP contribution in [-0.4, -0.2) is 16.2 Å². The van der Waals surface area contributed by atoms with Crippen LogP contribution in [0.5, 0.6) is 5.75 Å². The largest absolute Gasteiger partial charge is 0.494 e. The molecule has 18 heavy (non-hydrogen) atoms. The molecular weight excluding hydrogens is 224 g/mol. The zero-order valence-electron chi connectivity index (χ0n) is 10.2. The first-order valence-corrected chi connectivity index (χ1v) is 6.04. The third kappa shape index (κ3) is 1.84. The van der Waals surface area contributed by atoms with Gasteiger partial charge in [0.25, 0.3) is 0 Å². The number of benzene rings is 2. The zero-order valence-corrected chi connectivity index (χ0v) is 10.2. The highest BCUT2D eigenvalue weighted by atomic mass is 16.5. The van der Waals surface area contributed by atoms with Gasteiger partial charge in [0.2, 0.25) is 0 Å². The minimum Gasteiger partial charge on any atom is -0.494 e. The lowest BCUT2D eigenvalue weighted by atomic mass is 10.2. The Hall–Kier alpha value is -2.29. The quantitative estimate of drug-likeness (QED) is 0.699. The summed E-state index contributed by atoms with van der Waals surface area (Å²) in [7, 11) is 0. The fourth-order valence-corrected chi connectivity index (χ4v) is 2.04. The Kier molecular flexibility index (Phi) is 2.73. The molecule has 1 aromatic heterocycles. The SMILES string of the molecule is CCOc1ccc2ncn(-c3ccccc3)c2c1. The highest BCUT2D eigenvalue weighted by Crippen LogP contribution is 2.22. The third-order valence-corrected chi connectivity index (χ3v) is 2.86. The van der Waals surface area contributed by atoms with Crippen molar-refractivity contribution in [2.75, 3.05) is 6.61 Å². The fraction of sp³-hybridized carbons (Fsp3) is 0.133. The molecule has 0 spiro atoms. The number of ether oxygens (including phenoxy) is 1. The monoisotopic (exact) mass is 238 g/mol. The molecule has 0 unspecified atom stereocenters. The van der Waals surface area contributed by atoms with Crippen molar-refractivity contribution >= 4 is 11.0 Å². The van der Waals surface area contributed by atoms with Crippen LogP contribution < -0.4 is 4.74 Å². The van der Waals surface area contributed by atoms with Crippen molar-refractivity contribution in [2.24, 2.45) is 0 Å². The van der Waals surface area contributed by atoms with Gasteiger partial charge in [-0.3, -0.25) is 4.57 Å². The molecule has 3 aromatic rings. The van der Waals surface area contributed by atoms with Crippen molar-refractivity contribution in [3.05, 3.63) is 54.9 Å². The van der Waals surface area contributed by atoms with Crippen LogP contribution in [0.3, 0.4) is 0 Å². The summed E-state index contributed by atoms with van der Waals surface area (Å²) in [6.07, 6.45) is 1.84. The second kappa shape index (κ2) is 4.53. The highest BCUT2D eigenvalue weighted by molar-refractivity contribution is 5.79. The minimum absolute atomic E-state index is 0.672. The molecule has 0 atom stereocenters. The molecule has 0 saturated heterocycles. The standard InChI is InChI=1S/C15H14N2O/c1-2-18-13-8-9-14-15(10-13)17(11-16-14)12-6-4-3-5-7-12/h3-11H,2H2,1H3. The van der Waals surface area contributed by atoms with Crippen molar-refractivity contribution in [3.8, 4) is 11.4 Å².